The smallest absolute Gasteiger partial charge is 0.416 e. The number of benzene rings is 2. The van der Waals surface area contributed by atoms with Crippen LogP contribution in [0.1, 0.15) is 49.7 Å². The highest BCUT2D eigenvalue weighted by Gasteiger charge is 2.41. The minimum absolute atomic E-state index is 0.0339. The van der Waals surface area contributed by atoms with Gasteiger partial charge in [-0.2, -0.15) is 13.2 Å². The minimum atomic E-state index is -4.39. The fourth-order valence-electron chi connectivity index (χ4n) is 6.05. The van der Waals surface area contributed by atoms with Crippen LogP contribution >= 0.6 is 0 Å². The summed E-state index contributed by atoms with van der Waals surface area (Å²) in [5, 5.41) is 6.89. The quantitative estimate of drug-likeness (QED) is 0.243. The van der Waals surface area contributed by atoms with E-state index in [0.29, 0.717) is 37.2 Å². The van der Waals surface area contributed by atoms with Crippen LogP contribution in [0.5, 0.6) is 0 Å². The normalized spacial score (nSPS) is 19.5. The van der Waals surface area contributed by atoms with Gasteiger partial charge in [-0.15, -0.1) is 0 Å². The molecule has 2 fully saturated rings. The van der Waals surface area contributed by atoms with E-state index in [-0.39, 0.29) is 17.8 Å². The largest absolute Gasteiger partial charge is 0.483 e. The van der Waals surface area contributed by atoms with Gasteiger partial charge in [0.1, 0.15) is 22.9 Å². The Hall–Kier alpha value is -3.78. The van der Waals surface area contributed by atoms with Crippen LogP contribution in [0.15, 0.2) is 66.0 Å². The van der Waals surface area contributed by atoms with Crippen LogP contribution in [0.4, 0.5) is 29.1 Å². The molecule has 0 unspecified atom stereocenters. The highest BCUT2D eigenvalue weighted by atomic mass is 32.2. The number of piperidine rings is 2. The first-order valence-electron chi connectivity index (χ1n) is 14.3. The predicted molar refractivity (Wildman–Crippen MR) is 157 cm³/mol. The molecule has 1 aromatic heterocycles. The molecule has 0 bridgehead atoms. The average Bonchev–Trinajstić information content (AvgIpc) is 3.01. The summed E-state index contributed by atoms with van der Waals surface area (Å²) in [6.07, 6.45) is 4.33. The maximum Gasteiger partial charge on any atom is 0.416 e. The second-order valence-electron chi connectivity index (χ2n) is 10.9. The highest BCUT2D eigenvalue weighted by Crippen LogP contribution is 2.37. The van der Waals surface area contributed by atoms with Crippen molar-refractivity contribution in [2.75, 3.05) is 35.8 Å². The summed E-state index contributed by atoms with van der Waals surface area (Å²) in [6, 6.07) is 11.0. The van der Waals surface area contributed by atoms with E-state index in [9.17, 15) is 21.6 Å². The Balaban J connectivity index is 0.00000141. The number of aryl methyl sites for hydroxylation is 1. The molecule has 3 heterocycles. The topological polar surface area (TPSA) is 116 Å². The fourth-order valence-corrected chi connectivity index (χ4v) is 7.12. The van der Waals surface area contributed by atoms with Crippen molar-refractivity contribution < 1.29 is 35.9 Å². The molecule has 0 radical (unpaired) electrons. The van der Waals surface area contributed by atoms with Gasteiger partial charge < -0.3 is 10.0 Å². The van der Waals surface area contributed by atoms with Gasteiger partial charge in [0.25, 0.3) is 16.5 Å². The lowest BCUT2D eigenvalue weighted by molar-refractivity contribution is -0.137. The number of likely N-dealkylation sites (tertiary alicyclic amines) is 1. The fraction of sp³-hybridized carbons (Fsp3) is 0.433. The van der Waals surface area contributed by atoms with E-state index in [2.05, 4.69) is 24.5 Å². The second kappa shape index (κ2) is 14.3. The summed E-state index contributed by atoms with van der Waals surface area (Å²) >= 11 is 0. The average molecular weight is 638 g/mol. The number of aromatic nitrogens is 2. The third-order valence-electron chi connectivity index (χ3n) is 8.11. The first-order chi connectivity index (χ1) is 21.0. The molecule has 0 spiro atoms. The van der Waals surface area contributed by atoms with E-state index in [1.54, 1.807) is 12.1 Å². The SMILES string of the molecule is O=CO.O=S(=O)(Nc1ccncn1)c1ccc(N2CCC[C@](CCc3cccc(C(F)(F)F)c3)(N3CCCCC3)C2)cc1F. The van der Waals surface area contributed by atoms with Crippen molar-refractivity contribution in [2.24, 2.45) is 0 Å². The van der Waals surface area contributed by atoms with E-state index in [0.717, 1.165) is 51.3 Å². The van der Waals surface area contributed by atoms with Crippen LogP contribution in [-0.2, 0) is 27.4 Å². The zero-order valence-corrected chi connectivity index (χ0v) is 24.8. The second-order valence-corrected chi connectivity index (χ2v) is 12.6. The number of anilines is 2. The van der Waals surface area contributed by atoms with Gasteiger partial charge in [-0.1, -0.05) is 24.6 Å². The van der Waals surface area contributed by atoms with Crippen LogP contribution < -0.4 is 9.62 Å². The number of rotatable bonds is 8. The van der Waals surface area contributed by atoms with Gasteiger partial charge >= 0.3 is 6.18 Å². The van der Waals surface area contributed by atoms with Crippen LogP contribution in [0.3, 0.4) is 0 Å². The maximum atomic E-state index is 15.3. The number of hydrogen-bond acceptors (Lipinski definition) is 7. The molecule has 5 rings (SSSR count). The van der Waals surface area contributed by atoms with Gasteiger partial charge in [-0.3, -0.25) is 14.4 Å². The molecule has 0 aliphatic carbocycles. The molecule has 2 aliphatic rings. The Morgan fingerprint density at radius 3 is 2.43 bits per heavy atom. The number of nitrogens with zero attached hydrogens (tertiary/aromatic N) is 4. The number of nitrogens with one attached hydrogen (secondary N) is 1. The van der Waals surface area contributed by atoms with Gasteiger partial charge in [-0.05, 0) is 87.5 Å². The zero-order chi connectivity index (χ0) is 31.8. The lowest BCUT2D eigenvalue weighted by Gasteiger charge is -2.52. The molecule has 44 heavy (non-hydrogen) atoms. The van der Waals surface area contributed by atoms with Crippen LogP contribution in [0.2, 0.25) is 0 Å². The molecule has 1 atom stereocenters. The van der Waals surface area contributed by atoms with Gasteiger partial charge in [0, 0.05) is 30.5 Å². The van der Waals surface area contributed by atoms with Crippen LogP contribution in [0.25, 0.3) is 0 Å². The molecule has 14 heteroatoms. The van der Waals surface area contributed by atoms with Gasteiger partial charge in [0.05, 0.1) is 5.56 Å². The summed E-state index contributed by atoms with van der Waals surface area (Å²) in [5.74, 6) is -0.839. The van der Waals surface area contributed by atoms with Crippen molar-refractivity contribution in [1.82, 2.24) is 14.9 Å². The number of carbonyl (C=O) groups is 1. The number of sulfonamides is 1. The summed E-state index contributed by atoms with van der Waals surface area (Å²) in [5.41, 5.74) is 0.281. The van der Waals surface area contributed by atoms with Crippen LogP contribution in [0, 0.1) is 5.82 Å². The zero-order valence-electron chi connectivity index (χ0n) is 24.0. The Labute approximate surface area is 254 Å². The molecule has 2 aromatic carbocycles. The number of halogens is 4. The minimum Gasteiger partial charge on any atom is -0.483 e. The molecule has 0 amide bonds. The molecule has 0 saturated carbocycles. The molecule has 238 valence electrons. The third kappa shape index (κ3) is 8.23. The molecular formula is C30H35F4N5O4S. The van der Waals surface area contributed by atoms with E-state index in [4.69, 9.17) is 9.90 Å². The predicted octanol–water partition coefficient (Wildman–Crippen LogP) is 5.59. The number of carboxylic acid groups (broad SMARTS) is 1. The number of alkyl halides is 3. The first-order valence-corrected chi connectivity index (χ1v) is 15.8. The molecule has 2 N–H and O–H groups in total. The van der Waals surface area contributed by atoms with E-state index in [1.807, 2.05) is 0 Å². The van der Waals surface area contributed by atoms with Crippen molar-refractivity contribution in [3.63, 3.8) is 0 Å². The lowest BCUT2D eigenvalue weighted by Crippen LogP contribution is -2.60. The molecule has 2 aliphatic heterocycles. The summed E-state index contributed by atoms with van der Waals surface area (Å²) in [7, 11) is -4.21. The maximum absolute atomic E-state index is 15.3. The highest BCUT2D eigenvalue weighted by molar-refractivity contribution is 7.92. The summed E-state index contributed by atoms with van der Waals surface area (Å²) in [4.78, 5) is 20.0. The van der Waals surface area contributed by atoms with Crippen LogP contribution in [-0.4, -0.2) is 66.6 Å². The van der Waals surface area contributed by atoms with Crippen molar-refractivity contribution in [2.45, 2.75) is 61.6 Å². The third-order valence-corrected chi connectivity index (χ3v) is 9.49. The van der Waals surface area contributed by atoms with E-state index in [1.165, 1.54) is 42.9 Å². The van der Waals surface area contributed by atoms with Crippen molar-refractivity contribution in [1.29, 1.82) is 0 Å². The van der Waals surface area contributed by atoms with Crippen molar-refractivity contribution in [3.8, 4) is 0 Å². The van der Waals surface area contributed by atoms with Crippen molar-refractivity contribution in [3.05, 3.63) is 78.0 Å². The van der Waals surface area contributed by atoms with E-state index >= 15 is 4.39 Å². The summed E-state index contributed by atoms with van der Waals surface area (Å²) in [6.45, 7) is 2.83. The number of hydrogen-bond donors (Lipinski definition) is 2. The van der Waals surface area contributed by atoms with Gasteiger partial charge in [0.15, 0.2) is 0 Å². The Morgan fingerprint density at radius 2 is 1.77 bits per heavy atom. The van der Waals surface area contributed by atoms with Gasteiger partial charge in [-0.25, -0.2) is 22.8 Å². The lowest BCUT2D eigenvalue weighted by atomic mass is 9.80. The molecular weight excluding hydrogens is 602 g/mol. The first kappa shape index (κ1) is 33.1. The Morgan fingerprint density at radius 1 is 1.02 bits per heavy atom. The summed E-state index contributed by atoms with van der Waals surface area (Å²) < 4.78 is 83.1. The van der Waals surface area contributed by atoms with E-state index < -0.39 is 32.5 Å². The van der Waals surface area contributed by atoms with Crippen molar-refractivity contribution >= 4 is 28.0 Å². The molecule has 3 aromatic rings. The monoisotopic (exact) mass is 637 g/mol. The Kier molecular flexibility index (Phi) is 10.8. The molecule has 2 saturated heterocycles. The molecule has 9 nitrogen and oxygen atoms in total. The Bertz CT molecular complexity index is 1500. The van der Waals surface area contributed by atoms with Gasteiger partial charge in [0.2, 0.25) is 0 Å². The standard InChI is InChI=1S/C29H33F4N5O2S.CH2O2/c30-25-19-24(8-9-26(25)41(39,40)36-27-11-14-34-21-35-27)37-15-5-12-28(20-37,38-16-2-1-3-17-38)13-10-22-6-4-7-23(18-22)29(31,32)33;2-1-3/h4,6-9,11,14,18-19,21H,1-3,5,10,12-13,15-17,20H2,(H,34,35,36);1H,(H,2,3)/t28-;/m1./s1.